The van der Waals surface area contributed by atoms with Crippen molar-refractivity contribution in [3.05, 3.63) is 18.3 Å². The number of aromatic nitrogens is 1. The van der Waals surface area contributed by atoms with Crippen LogP contribution in [0.3, 0.4) is 0 Å². The first-order valence-corrected chi connectivity index (χ1v) is 6.61. The van der Waals surface area contributed by atoms with Crippen LogP contribution in [0.2, 0.25) is 0 Å². The molecule has 4 heteroatoms. The standard InChI is InChI=1S/C14H25N3O/c1-11(2)10-17(9-7-15)14-13(18-12(3)4)6-5-8-16-14/h5-6,8,11-12H,7,9-10,15H2,1-4H3. The molecule has 0 spiro atoms. The fraction of sp³-hybridized carbons (Fsp3) is 0.643. The average molecular weight is 251 g/mol. The molecule has 1 heterocycles. The minimum Gasteiger partial charge on any atom is -0.487 e. The lowest BCUT2D eigenvalue weighted by Crippen LogP contribution is -2.33. The van der Waals surface area contributed by atoms with Crippen molar-refractivity contribution in [1.29, 1.82) is 0 Å². The summed E-state index contributed by atoms with van der Waals surface area (Å²) in [4.78, 5) is 6.65. The molecular weight excluding hydrogens is 226 g/mol. The van der Waals surface area contributed by atoms with E-state index in [1.165, 1.54) is 0 Å². The monoisotopic (exact) mass is 251 g/mol. The highest BCUT2D eigenvalue weighted by Gasteiger charge is 2.15. The van der Waals surface area contributed by atoms with E-state index >= 15 is 0 Å². The molecule has 0 amide bonds. The SMILES string of the molecule is CC(C)CN(CCN)c1ncccc1OC(C)C. The van der Waals surface area contributed by atoms with Crippen molar-refractivity contribution in [3.8, 4) is 5.75 Å². The van der Waals surface area contributed by atoms with Gasteiger partial charge >= 0.3 is 0 Å². The van der Waals surface area contributed by atoms with Gasteiger partial charge in [0, 0.05) is 25.8 Å². The first kappa shape index (κ1) is 14.8. The largest absolute Gasteiger partial charge is 0.487 e. The molecule has 102 valence electrons. The third kappa shape index (κ3) is 4.53. The lowest BCUT2D eigenvalue weighted by Gasteiger charge is -2.27. The van der Waals surface area contributed by atoms with Crippen LogP contribution in [0.25, 0.3) is 0 Å². The summed E-state index contributed by atoms with van der Waals surface area (Å²) in [5.41, 5.74) is 5.68. The van der Waals surface area contributed by atoms with Gasteiger partial charge in [-0.15, -0.1) is 0 Å². The second-order valence-electron chi connectivity index (χ2n) is 5.12. The zero-order valence-electron chi connectivity index (χ0n) is 11.9. The topological polar surface area (TPSA) is 51.4 Å². The summed E-state index contributed by atoms with van der Waals surface area (Å²) < 4.78 is 5.81. The molecule has 0 aliphatic carbocycles. The Hall–Kier alpha value is -1.29. The normalized spacial score (nSPS) is 11.1. The summed E-state index contributed by atoms with van der Waals surface area (Å²) in [5, 5.41) is 0. The number of hydrogen-bond acceptors (Lipinski definition) is 4. The minimum atomic E-state index is 0.145. The van der Waals surface area contributed by atoms with Crippen LogP contribution in [0.4, 0.5) is 5.82 Å². The number of nitrogens with two attached hydrogens (primary N) is 1. The maximum atomic E-state index is 5.81. The number of anilines is 1. The van der Waals surface area contributed by atoms with Gasteiger partial charge in [-0.3, -0.25) is 0 Å². The highest BCUT2D eigenvalue weighted by Crippen LogP contribution is 2.26. The number of pyridine rings is 1. The Balaban J connectivity index is 2.94. The van der Waals surface area contributed by atoms with Crippen LogP contribution in [0.1, 0.15) is 27.7 Å². The molecule has 0 aliphatic rings. The van der Waals surface area contributed by atoms with Gasteiger partial charge in [0.05, 0.1) is 6.10 Å². The van der Waals surface area contributed by atoms with Gasteiger partial charge in [0.25, 0.3) is 0 Å². The lowest BCUT2D eigenvalue weighted by atomic mass is 10.2. The van der Waals surface area contributed by atoms with E-state index in [0.29, 0.717) is 12.5 Å². The Labute approximate surface area is 110 Å². The molecule has 2 N–H and O–H groups in total. The van der Waals surface area contributed by atoms with Crippen molar-refractivity contribution in [2.75, 3.05) is 24.5 Å². The van der Waals surface area contributed by atoms with Gasteiger partial charge in [0.1, 0.15) is 0 Å². The molecule has 0 saturated carbocycles. The van der Waals surface area contributed by atoms with Crippen molar-refractivity contribution in [2.45, 2.75) is 33.8 Å². The van der Waals surface area contributed by atoms with E-state index in [2.05, 4.69) is 23.7 Å². The van der Waals surface area contributed by atoms with Crippen LogP contribution in [-0.4, -0.2) is 30.7 Å². The Morgan fingerprint density at radius 1 is 1.33 bits per heavy atom. The second kappa shape index (κ2) is 7.21. The summed E-state index contributed by atoms with van der Waals surface area (Å²) in [6, 6.07) is 3.86. The Kier molecular flexibility index (Phi) is 5.92. The van der Waals surface area contributed by atoms with Gasteiger partial charge in [0.15, 0.2) is 11.6 Å². The molecule has 0 fully saturated rings. The van der Waals surface area contributed by atoms with Gasteiger partial charge in [-0.25, -0.2) is 4.98 Å². The molecule has 0 atom stereocenters. The molecular formula is C14H25N3O. The van der Waals surface area contributed by atoms with Gasteiger partial charge in [0.2, 0.25) is 0 Å². The number of ether oxygens (including phenoxy) is 1. The fourth-order valence-corrected chi connectivity index (χ4v) is 1.85. The van der Waals surface area contributed by atoms with E-state index in [1.54, 1.807) is 6.20 Å². The molecule has 0 saturated heterocycles. The van der Waals surface area contributed by atoms with E-state index in [-0.39, 0.29) is 6.10 Å². The summed E-state index contributed by atoms with van der Waals surface area (Å²) in [5.74, 6) is 2.29. The first-order valence-electron chi connectivity index (χ1n) is 6.61. The van der Waals surface area contributed by atoms with Crippen LogP contribution in [0.15, 0.2) is 18.3 Å². The zero-order valence-corrected chi connectivity index (χ0v) is 11.9. The maximum absolute atomic E-state index is 5.81. The minimum absolute atomic E-state index is 0.145. The van der Waals surface area contributed by atoms with Gasteiger partial charge in [-0.1, -0.05) is 13.8 Å². The van der Waals surface area contributed by atoms with E-state index in [0.717, 1.165) is 24.7 Å². The smallest absolute Gasteiger partial charge is 0.171 e. The summed E-state index contributed by atoms with van der Waals surface area (Å²) >= 11 is 0. The second-order valence-corrected chi connectivity index (χ2v) is 5.12. The Morgan fingerprint density at radius 2 is 2.06 bits per heavy atom. The average Bonchev–Trinajstić information content (AvgIpc) is 2.28. The molecule has 0 aliphatic heterocycles. The highest BCUT2D eigenvalue weighted by atomic mass is 16.5. The molecule has 18 heavy (non-hydrogen) atoms. The molecule has 1 aromatic rings. The van der Waals surface area contributed by atoms with E-state index < -0.39 is 0 Å². The Bertz CT molecular complexity index is 353. The van der Waals surface area contributed by atoms with Crippen molar-refractivity contribution in [2.24, 2.45) is 11.7 Å². The third-order valence-corrected chi connectivity index (χ3v) is 2.40. The van der Waals surface area contributed by atoms with E-state index in [4.69, 9.17) is 10.5 Å². The third-order valence-electron chi connectivity index (χ3n) is 2.40. The summed E-state index contributed by atoms with van der Waals surface area (Å²) in [7, 11) is 0. The van der Waals surface area contributed by atoms with Crippen LogP contribution >= 0.6 is 0 Å². The predicted molar refractivity (Wildman–Crippen MR) is 76.1 cm³/mol. The van der Waals surface area contributed by atoms with Crippen molar-refractivity contribution >= 4 is 5.82 Å². The molecule has 1 rings (SSSR count). The van der Waals surface area contributed by atoms with Crippen molar-refractivity contribution < 1.29 is 4.74 Å². The van der Waals surface area contributed by atoms with Crippen LogP contribution in [-0.2, 0) is 0 Å². The fourth-order valence-electron chi connectivity index (χ4n) is 1.85. The number of hydrogen-bond donors (Lipinski definition) is 1. The van der Waals surface area contributed by atoms with Gasteiger partial charge in [-0.2, -0.15) is 0 Å². The number of nitrogens with zero attached hydrogens (tertiary/aromatic N) is 2. The number of rotatable bonds is 7. The quantitative estimate of drug-likeness (QED) is 0.808. The van der Waals surface area contributed by atoms with E-state index in [9.17, 15) is 0 Å². The Morgan fingerprint density at radius 3 is 2.61 bits per heavy atom. The molecule has 0 aromatic carbocycles. The lowest BCUT2D eigenvalue weighted by molar-refractivity contribution is 0.242. The van der Waals surface area contributed by atoms with Crippen LogP contribution in [0.5, 0.6) is 5.75 Å². The predicted octanol–water partition coefficient (Wildman–Crippen LogP) is 2.29. The first-order chi connectivity index (χ1) is 8.54. The van der Waals surface area contributed by atoms with E-state index in [1.807, 2.05) is 26.0 Å². The van der Waals surface area contributed by atoms with Gasteiger partial charge < -0.3 is 15.4 Å². The van der Waals surface area contributed by atoms with Crippen LogP contribution < -0.4 is 15.4 Å². The summed E-state index contributed by atoms with van der Waals surface area (Å²) in [6.07, 6.45) is 1.94. The molecule has 0 unspecified atom stereocenters. The molecule has 4 nitrogen and oxygen atoms in total. The van der Waals surface area contributed by atoms with Crippen molar-refractivity contribution in [3.63, 3.8) is 0 Å². The summed E-state index contributed by atoms with van der Waals surface area (Å²) in [6.45, 7) is 10.8. The zero-order chi connectivity index (χ0) is 13.5. The highest BCUT2D eigenvalue weighted by molar-refractivity contribution is 5.52. The molecule has 0 bridgehead atoms. The van der Waals surface area contributed by atoms with Crippen molar-refractivity contribution in [1.82, 2.24) is 4.98 Å². The van der Waals surface area contributed by atoms with Gasteiger partial charge in [-0.05, 0) is 31.9 Å². The maximum Gasteiger partial charge on any atom is 0.171 e. The molecule has 0 radical (unpaired) electrons. The van der Waals surface area contributed by atoms with Crippen LogP contribution in [0, 0.1) is 5.92 Å². The molecule has 1 aromatic heterocycles.